The fourth-order valence-electron chi connectivity index (χ4n) is 6.85. The number of aliphatic carboxylic acids is 2. The second-order valence-electron chi connectivity index (χ2n) is 12.3. The lowest BCUT2D eigenvalue weighted by atomic mass is 9.65. The molecule has 8 heteroatoms. The zero-order chi connectivity index (χ0) is 32.8. The summed E-state index contributed by atoms with van der Waals surface area (Å²) in [4.78, 5) is 32.1. The fourth-order valence-corrected chi connectivity index (χ4v) is 6.85. The molecule has 8 nitrogen and oxygen atoms in total. The van der Waals surface area contributed by atoms with Crippen molar-refractivity contribution in [2.24, 2.45) is 5.92 Å². The standard InChI is InChI=1S/C38H38N4O4/c1-25(30-14-16-31(17-15-30)42(23-27-10-6-4-7-11-27)24-28-12-8-5-9-13-28)21-38(3)35(37(45)46)34(33(36(43)44)26(2)41-38)32-20-29(22-39)18-19-40-32/h4-20,25,34-35,41H,21,23-24H2,1-3H3,(H,43,44)(H,45,46). The maximum Gasteiger partial charge on any atom is 0.334 e. The molecule has 5 rings (SSSR count). The van der Waals surface area contributed by atoms with E-state index in [4.69, 9.17) is 0 Å². The largest absolute Gasteiger partial charge is 0.481 e. The number of nitriles is 1. The smallest absolute Gasteiger partial charge is 0.334 e. The van der Waals surface area contributed by atoms with Crippen LogP contribution in [0, 0.1) is 17.2 Å². The van der Waals surface area contributed by atoms with Gasteiger partial charge in [-0.25, -0.2) is 4.79 Å². The summed E-state index contributed by atoms with van der Waals surface area (Å²) in [6, 6.07) is 34.1. The van der Waals surface area contributed by atoms with E-state index in [2.05, 4.69) is 70.7 Å². The highest BCUT2D eigenvalue weighted by atomic mass is 16.4. The van der Waals surface area contributed by atoms with Crippen LogP contribution in [0.3, 0.4) is 0 Å². The highest BCUT2D eigenvalue weighted by Crippen LogP contribution is 2.46. The summed E-state index contributed by atoms with van der Waals surface area (Å²) < 4.78 is 0. The van der Waals surface area contributed by atoms with Crippen LogP contribution in [0.15, 0.2) is 115 Å². The minimum atomic E-state index is -1.22. The highest BCUT2D eigenvalue weighted by Gasteiger charge is 2.52. The van der Waals surface area contributed by atoms with Crippen LogP contribution < -0.4 is 10.2 Å². The van der Waals surface area contributed by atoms with E-state index in [-0.39, 0.29) is 17.2 Å². The predicted molar refractivity (Wildman–Crippen MR) is 177 cm³/mol. The van der Waals surface area contributed by atoms with Gasteiger partial charge < -0.3 is 20.4 Å². The number of hydrogen-bond acceptors (Lipinski definition) is 6. The molecule has 2 heterocycles. The average molecular weight is 615 g/mol. The van der Waals surface area contributed by atoms with Crippen LogP contribution in [0.2, 0.25) is 0 Å². The molecule has 0 radical (unpaired) electrons. The second kappa shape index (κ2) is 13.7. The van der Waals surface area contributed by atoms with Crippen LogP contribution in [0.25, 0.3) is 0 Å². The topological polar surface area (TPSA) is 127 Å². The summed E-state index contributed by atoms with van der Waals surface area (Å²) >= 11 is 0. The van der Waals surface area contributed by atoms with E-state index in [1.807, 2.05) is 49.4 Å². The Hall–Kier alpha value is -5.42. The van der Waals surface area contributed by atoms with E-state index in [1.54, 1.807) is 6.92 Å². The number of carboxylic acids is 2. The van der Waals surface area contributed by atoms with E-state index in [1.165, 1.54) is 29.5 Å². The monoisotopic (exact) mass is 614 g/mol. The van der Waals surface area contributed by atoms with E-state index < -0.39 is 29.3 Å². The summed E-state index contributed by atoms with van der Waals surface area (Å²) in [5, 5.41) is 33.5. The van der Waals surface area contributed by atoms with Gasteiger partial charge in [0, 0.05) is 36.2 Å². The number of carboxylic acid groups (broad SMARTS) is 2. The van der Waals surface area contributed by atoms with Crippen molar-refractivity contribution in [3.05, 3.63) is 142 Å². The third kappa shape index (κ3) is 6.94. The molecule has 1 aliphatic heterocycles. The van der Waals surface area contributed by atoms with Gasteiger partial charge >= 0.3 is 11.9 Å². The molecule has 3 N–H and O–H groups in total. The summed E-state index contributed by atoms with van der Waals surface area (Å²) in [5.41, 5.74) is 4.39. The Kier molecular flexibility index (Phi) is 9.53. The van der Waals surface area contributed by atoms with Gasteiger partial charge in [-0.2, -0.15) is 5.26 Å². The van der Waals surface area contributed by atoms with Crippen molar-refractivity contribution in [3.8, 4) is 6.07 Å². The molecule has 0 saturated carbocycles. The normalized spacial score (nSPS) is 19.9. The van der Waals surface area contributed by atoms with Gasteiger partial charge in [0.2, 0.25) is 0 Å². The Morgan fingerprint density at radius 1 is 0.957 bits per heavy atom. The van der Waals surface area contributed by atoms with Crippen molar-refractivity contribution in [1.82, 2.24) is 10.3 Å². The number of carbonyl (C=O) groups is 2. The molecule has 0 fully saturated rings. The summed E-state index contributed by atoms with van der Waals surface area (Å²) in [6.45, 7) is 7.04. The molecule has 0 spiro atoms. The van der Waals surface area contributed by atoms with Crippen LogP contribution in [-0.2, 0) is 22.7 Å². The maximum absolute atomic E-state index is 13.0. The molecular formula is C38H38N4O4. The van der Waals surface area contributed by atoms with Gasteiger partial charge in [0.05, 0.1) is 34.7 Å². The van der Waals surface area contributed by atoms with Crippen LogP contribution in [0.1, 0.15) is 67.0 Å². The van der Waals surface area contributed by atoms with E-state index in [0.717, 1.165) is 24.3 Å². The van der Waals surface area contributed by atoms with Gasteiger partial charge in [-0.15, -0.1) is 0 Å². The van der Waals surface area contributed by atoms with Crippen molar-refractivity contribution in [1.29, 1.82) is 5.26 Å². The number of anilines is 1. The highest BCUT2D eigenvalue weighted by molar-refractivity contribution is 5.92. The van der Waals surface area contributed by atoms with Gasteiger partial charge in [0.1, 0.15) is 0 Å². The molecule has 234 valence electrons. The zero-order valence-corrected chi connectivity index (χ0v) is 26.2. The Balaban J connectivity index is 1.44. The molecule has 0 amide bonds. The SMILES string of the molecule is CC1=C(C(=O)O)C(c2cc(C#N)ccn2)C(C(=O)O)C(C)(CC(C)c2ccc(N(Cc3ccccc3)Cc3ccccc3)cc2)N1. The van der Waals surface area contributed by atoms with Crippen LogP contribution in [0.5, 0.6) is 0 Å². The number of pyridine rings is 1. The molecule has 4 unspecified atom stereocenters. The molecule has 0 saturated heterocycles. The Morgan fingerprint density at radius 3 is 2.07 bits per heavy atom. The first-order valence-corrected chi connectivity index (χ1v) is 15.3. The van der Waals surface area contributed by atoms with Gasteiger partial charge in [-0.3, -0.25) is 9.78 Å². The van der Waals surface area contributed by atoms with Gasteiger partial charge in [0.25, 0.3) is 0 Å². The van der Waals surface area contributed by atoms with E-state index in [9.17, 15) is 25.1 Å². The van der Waals surface area contributed by atoms with Gasteiger partial charge in [-0.05, 0) is 67.1 Å². The molecule has 1 aliphatic rings. The first kappa shape index (κ1) is 32.0. The molecule has 1 aromatic heterocycles. The van der Waals surface area contributed by atoms with Crippen LogP contribution >= 0.6 is 0 Å². The molecule has 0 aliphatic carbocycles. The summed E-state index contributed by atoms with van der Waals surface area (Å²) in [6.07, 6.45) is 1.84. The molecule has 4 aromatic rings. The van der Waals surface area contributed by atoms with Crippen LogP contribution in [-0.4, -0.2) is 32.7 Å². The number of nitrogens with one attached hydrogen (secondary N) is 1. The number of allylic oxidation sites excluding steroid dienone is 1. The first-order valence-electron chi connectivity index (χ1n) is 15.3. The number of benzene rings is 3. The Bertz CT molecular complexity index is 1720. The van der Waals surface area contributed by atoms with Crippen molar-refractivity contribution in [2.45, 2.75) is 57.7 Å². The molecule has 0 bridgehead atoms. The molecular weight excluding hydrogens is 576 g/mol. The van der Waals surface area contributed by atoms with Crippen molar-refractivity contribution < 1.29 is 19.8 Å². The maximum atomic E-state index is 13.0. The third-order valence-electron chi connectivity index (χ3n) is 8.92. The lowest BCUT2D eigenvalue weighted by Gasteiger charge is -2.46. The number of hydrogen-bond donors (Lipinski definition) is 3. The number of nitrogens with zero attached hydrogens (tertiary/aromatic N) is 3. The molecule has 3 aromatic carbocycles. The van der Waals surface area contributed by atoms with Gasteiger partial charge in [-0.1, -0.05) is 79.7 Å². The Labute approximate surface area is 269 Å². The number of rotatable bonds is 11. The lowest BCUT2D eigenvalue weighted by Crippen LogP contribution is -2.58. The molecule has 46 heavy (non-hydrogen) atoms. The van der Waals surface area contributed by atoms with E-state index >= 15 is 0 Å². The Morgan fingerprint density at radius 2 is 1.54 bits per heavy atom. The summed E-state index contributed by atoms with van der Waals surface area (Å²) in [5.74, 6) is -4.61. The minimum Gasteiger partial charge on any atom is -0.481 e. The third-order valence-corrected chi connectivity index (χ3v) is 8.92. The average Bonchev–Trinajstić information content (AvgIpc) is 3.04. The zero-order valence-electron chi connectivity index (χ0n) is 26.2. The lowest BCUT2D eigenvalue weighted by molar-refractivity contribution is -0.146. The van der Waals surface area contributed by atoms with Crippen molar-refractivity contribution in [2.75, 3.05) is 4.90 Å². The first-order chi connectivity index (χ1) is 22.1. The van der Waals surface area contributed by atoms with Crippen molar-refractivity contribution in [3.63, 3.8) is 0 Å². The van der Waals surface area contributed by atoms with E-state index in [0.29, 0.717) is 17.7 Å². The predicted octanol–water partition coefficient (Wildman–Crippen LogP) is 6.86. The fraction of sp³-hybridized carbons (Fsp3) is 0.263. The van der Waals surface area contributed by atoms with Gasteiger partial charge in [0.15, 0.2) is 0 Å². The quantitative estimate of drug-likeness (QED) is 0.167. The summed E-state index contributed by atoms with van der Waals surface area (Å²) in [7, 11) is 0. The minimum absolute atomic E-state index is 0.0543. The second-order valence-corrected chi connectivity index (χ2v) is 12.3. The number of aromatic nitrogens is 1. The van der Waals surface area contributed by atoms with Crippen molar-refractivity contribution >= 4 is 17.6 Å². The molecule has 4 atom stereocenters. The van der Waals surface area contributed by atoms with Crippen LogP contribution in [0.4, 0.5) is 5.69 Å².